The zero-order valence-electron chi connectivity index (χ0n) is 17.5. The highest BCUT2D eigenvalue weighted by Gasteiger charge is 2.15. The number of hydrogen-bond donors (Lipinski definition) is 6. The molecule has 0 radical (unpaired) electrons. The number of sulfonamides is 1. The fourth-order valence-electron chi connectivity index (χ4n) is 1.91. The number of aliphatic hydroxyl groups is 1. The van der Waals surface area contributed by atoms with Crippen LogP contribution in [-0.4, -0.2) is 43.6 Å². The quantitative estimate of drug-likeness (QED) is 0.162. The summed E-state index contributed by atoms with van der Waals surface area (Å²) in [5.74, 6) is -1.58. The summed E-state index contributed by atoms with van der Waals surface area (Å²) in [6.45, 7) is 3.74. The van der Waals surface area contributed by atoms with Gasteiger partial charge in [-0.15, -0.1) is 5.11 Å². The second-order valence-corrected chi connectivity index (χ2v) is 7.89. The minimum Gasteiger partial charge on any atom is -0.480 e. The molecule has 0 unspecified atom stereocenters. The summed E-state index contributed by atoms with van der Waals surface area (Å²) in [4.78, 5) is 10.2. The number of rotatable bonds is 7. The van der Waals surface area contributed by atoms with E-state index in [1.54, 1.807) is 0 Å². The lowest BCUT2D eigenvalue weighted by Crippen LogP contribution is -2.29. The molecule has 170 valence electrons. The van der Waals surface area contributed by atoms with Crippen molar-refractivity contribution in [3.63, 3.8) is 0 Å². The topological polar surface area (TPSA) is 190 Å². The van der Waals surface area contributed by atoms with Crippen LogP contribution < -0.4 is 10.5 Å². The highest BCUT2D eigenvalue weighted by atomic mass is 32.2. The Morgan fingerprint density at radius 1 is 1.10 bits per heavy atom. The monoisotopic (exact) mass is 451 g/mol. The number of anilines is 1. The highest BCUT2D eigenvalue weighted by molar-refractivity contribution is 7.89. The number of nitrogen functional groups attached to an aromatic ring is 1. The molecule has 11 heteroatoms. The first-order valence-corrected chi connectivity index (χ1v) is 10.8. The van der Waals surface area contributed by atoms with Gasteiger partial charge in [0.2, 0.25) is 10.0 Å². The summed E-state index contributed by atoms with van der Waals surface area (Å²) in [7, 11) is -3.88. The number of carboxylic acid groups (broad SMARTS) is 1. The zero-order valence-corrected chi connectivity index (χ0v) is 18.3. The van der Waals surface area contributed by atoms with Crippen molar-refractivity contribution in [2.45, 2.75) is 31.6 Å². The van der Waals surface area contributed by atoms with E-state index in [2.05, 4.69) is 19.0 Å². The third-order valence-corrected chi connectivity index (χ3v) is 4.76. The number of nitrogens with zero attached hydrogens (tertiary/aromatic N) is 1. The molecule has 0 aromatic heterocycles. The van der Waals surface area contributed by atoms with Crippen molar-refractivity contribution in [1.82, 2.24) is 4.72 Å². The van der Waals surface area contributed by atoms with Gasteiger partial charge < -0.3 is 15.9 Å². The molecular formula is C20H29N5O5S. The molecule has 7 N–H and O–H groups in total. The van der Waals surface area contributed by atoms with Crippen molar-refractivity contribution in [2.75, 3.05) is 18.9 Å². The second kappa shape index (κ2) is 14.8. The molecule has 0 fully saturated rings. The molecule has 0 spiro atoms. The third-order valence-electron chi connectivity index (χ3n) is 3.34. The average Bonchev–Trinajstić information content (AvgIpc) is 2.75. The second-order valence-electron chi connectivity index (χ2n) is 6.13. The van der Waals surface area contributed by atoms with Gasteiger partial charge in [-0.05, 0) is 48.4 Å². The molecule has 0 saturated heterocycles. The molecule has 2 aromatic carbocycles. The molecule has 0 aliphatic carbocycles. The highest BCUT2D eigenvalue weighted by Crippen LogP contribution is 2.11. The fourth-order valence-corrected chi connectivity index (χ4v) is 2.88. The van der Waals surface area contributed by atoms with Crippen molar-refractivity contribution in [1.29, 1.82) is 10.9 Å². The van der Waals surface area contributed by atoms with Crippen LogP contribution in [0.5, 0.6) is 0 Å². The zero-order chi connectivity index (χ0) is 23.9. The number of carbonyl (C=O) groups is 1. The van der Waals surface area contributed by atoms with Crippen LogP contribution in [0.4, 0.5) is 5.69 Å². The normalized spacial score (nSPS) is 10.0. The van der Waals surface area contributed by atoms with E-state index < -0.39 is 22.5 Å². The number of aliphatic carboxylic acids is 1. The molecule has 0 heterocycles. The molecule has 0 saturated carbocycles. The van der Waals surface area contributed by atoms with Crippen LogP contribution in [0.2, 0.25) is 0 Å². The number of benzene rings is 2. The Balaban J connectivity index is 0.000000580. The molecule has 0 aliphatic rings. The fraction of sp³-hybridized carbons (Fsp3) is 0.300. The van der Waals surface area contributed by atoms with E-state index in [9.17, 15) is 13.2 Å². The Morgan fingerprint density at radius 3 is 2.03 bits per heavy atom. The summed E-state index contributed by atoms with van der Waals surface area (Å²) in [5, 5.41) is 27.1. The maximum Gasteiger partial charge on any atom is 0.318 e. The molecule has 2 rings (SSSR count). The van der Waals surface area contributed by atoms with E-state index in [-0.39, 0.29) is 17.3 Å². The van der Waals surface area contributed by atoms with Gasteiger partial charge in [0, 0.05) is 17.9 Å². The van der Waals surface area contributed by atoms with Crippen molar-refractivity contribution in [3.8, 4) is 0 Å². The Kier molecular flexibility index (Phi) is 13.3. The summed E-state index contributed by atoms with van der Waals surface area (Å²) in [5.41, 5.74) is 14.3. The maximum atomic E-state index is 11.6. The standard InChI is InChI=1S/C9H10N4O4S.C8H11NO.C3H8/c10-9(13-11)6-1-3-7(4-2-6)18(16,17)12-5-8(14)15;9-8-3-1-7(2-4-8)5-6-10;1-3-2/h1-4,10-12H,5H2,(H,14,15);1-4,10H,5-6,9H2;3H2,1-2H3. The molecule has 0 atom stereocenters. The maximum absolute atomic E-state index is 11.6. The minimum atomic E-state index is -3.88. The summed E-state index contributed by atoms with van der Waals surface area (Å²) in [6, 6.07) is 12.6. The molecule has 0 bridgehead atoms. The van der Waals surface area contributed by atoms with Crippen LogP contribution in [0.25, 0.3) is 0 Å². The number of amidine groups is 1. The van der Waals surface area contributed by atoms with E-state index in [4.69, 9.17) is 26.9 Å². The molecule has 10 nitrogen and oxygen atoms in total. The van der Waals surface area contributed by atoms with Crippen LogP contribution in [0.15, 0.2) is 58.5 Å². The predicted octanol–water partition coefficient (Wildman–Crippen LogP) is 2.63. The Bertz CT molecular complexity index is 929. The van der Waals surface area contributed by atoms with Crippen LogP contribution in [0.1, 0.15) is 31.4 Å². The lowest BCUT2D eigenvalue weighted by molar-refractivity contribution is -0.135. The minimum absolute atomic E-state index is 0.120. The van der Waals surface area contributed by atoms with Gasteiger partial charge in [-0.2, -0.15) is 4.72 Å². The lowest BCUT2D eigenvalue weighted by atomic mass is 10.1. The molecule has 2 aromatic rings. The van der Waals surface area contributed by atoms with Gasteiger partial charge >= 0.3 is 5.97 Å². The summed E-state index contributed by atoms with van der Waals surface area (Å²) >= 11 is 0. The van der Waals surface area contributed by atoms with Crippen LogP contribution in [0, 0.1) is 10.9 Å². The Labute approximate surface area is 182 Å². The summed E-state index contributed by atoms with van der Waals surface area (Å²) in [6.07, 6.45) is 1.96. The largest absolute Gasteiger partial charge is 0.480 e. The average molecular weight is 452 g/mol. The van der Waals surface area contributed by atoms with Crippen LogP contribution in [-0.2, 0) is 21.2 Å². The Hall–Kier alpha value is -3.15. The van der Waals surface area contributed by atoms with E-state index in [0.29, 0.717) is 12.0 Å². The molecule has 0 amide bonds. The van der Waals surface area contributed by atoms with Crippen molar-refractivity contribution in [3.05, 3.63) is 59.7 Å². The van der Waals surface area contributed by atoms with E-state index >= 15 is 0 Å². The van der Waals surface area contributed by atoms with Gasteiger partial charge in [0.1, 0.15) is 6.54 Å². The van der Waals surface area contributed by atoms with Gasteiger partial charge in [-0.25, -0.2) is 13.9 Å². The first kappa shape index (κ1) is 27.8. The van der Waals surface area contributed by atoms with E-state index in [1.807, 2.05) is 29.0 Å². The van der Waals surface area contributed by atoms with Crippen LogP contribution in [0.3, 0.4) is 0 Å². The van der Waals surface area contributed by atoms with Crippen molar-refractivity contribution >= 4 is 27.5 Å². The van der Waals surface area contributed by atoms with E-state index in [0.717, 1.165) is 11.3 Å². The van der Waals surface area contributed by atoms with Gasteiger partial charge in [0.15, 0.2) is 5.84 Å². The van der Waals surface area contributed by atoms with Gasteiger partial charge in [-0.1, -0.05) is 32.4 Å². The molecule has 31 heavy (non-hydrogen) atoms. The van der Waals surface area contributed by atoms with E-state index in [1.165, 1.54) is 30.7 Å². The van der Waals surface area contributed by atoms with Crippen molar-refractivity contribution < 1.29 is 23.4 Å². The number of hydrogen-bond acceptors (Lipinski definition) is 7. The molecular weight excluding hydrogens is 422 g/mol. The predicted molar refractivity (Wildman–Crippen MR) is 119 cm³/mol. The number of aliphatic hydroxyl groups excluding tert-OH is 1. The molecule has 0 aliphatic heterocycles. The number of carboxylic acids is 1. The Morgan fingerprint density at radius 2 is 1.61 bits per heavy atom. The first-order valence-electron chi connectivity index (χ1n) is 9.34. The third kappa shape index (κ3) is 11.6. The smallest absolute Gasteiger partial charge is 0.318 e. The first-order chi connectivity index (χ1) is 14.6. The summed E-state index contributed by atoms with van der Waals surface area (Å²) < 4.78 is 25.1. The van der Waals surface area contributed by atoms with Crippen molar-refractivity contribution in [2.24, 2.45) is 5.11 Å². The van der Waals surface area contributed by atoms with Gasteiger partial charge in [0.05, 0.1) is 4.90 Å². The van der Waals surface area contributed by atoms with Gasteiger partial charge in [-0.3, -0.25) is 10.2 Å². The SMILES string of the molecule is CCC.N=NC(=N)c1ccc(S(=O)(=O)NCC(=O)O)cc1.Nc1ccc(CCO)cc1. The van der Waals surface area contributed by atoms with Gasteiger partial charge in [0.25, 0.3) is 0 Å². The lowest BCUT2D eigenvalue weighted by Gasteiger charge is -2.05. The number of nitrogens with two attached hydrogens (primary N) is 1. The number of nitrogens with one attached hydrogen (secondary N) is 3. The van der Waals surface area contributed by atoms with Crippen LogP contribution >= 0.6 is 0 Å².